The van der Waals surface area contributed by atoms with Crippen molar-refractivity contribution in [2.45, 2.75) is 6.92 Å². The van der Waals surface area contributed by atoms with Gasteiger partial charge in [0.25, 0.3) is 5.91 Å². The Labute approximate surface area is 134 Å². The molecule has 0 bridgehead atoms. The van der Waals surface area contributed by atoms with Crippen molar-refractivity contribution >= 4 is 45.1 Å². The zero-order valence-electron chi connectivity index (χ0n) is 11.0. The van der Waals surface area contributed by atoms with E-state index in [-0.39, 0.29) is 5.76 Å². The fourth-order valence-corrected chi connectivity index (χ4v) is 2.11. The summed E-state index contributed by atoms with van der Waals surface area (Å²) in [6, 6.07) is 8.09. The number of aryl methyl sites for hydroxylation is 1. The summed E-state index contributed by atoms with van der Waals surface area (Å²) in [5, 5.41) is 3.22. The van der Waals surface area contributed by atoms with Crippen molar-refractivity contribution in [2.24, 2.45) is 0 Å². The maximum Gasteiger partial charge on any atom is 0.374 e. The molecule has 0 atom stereocenters. The van der Waals surface area contributed by atoms with Gasteiger partial charge in [-0.1, -0.05) is 11.6 Å². The summed E-state index contributed by atoms with van der Waals surface area (Å²) in [6.07, 6.45) is 0. The number of furan rings is 1. The molecule has 0 spiro atoms. The molecular weight excluding hydrogens is 362 g/mol. The molecule has 0 unspecified atom stereocenters. The Bertz CT molecular complexity index is 683. The average molecular weight is 373 g/mol. The molecule has 7 heteroatoms. The molecular formula is C14H11BrClNO4. The predicted octanol–water partition coefficient (Wildman–Crippen LogP) is 3.80. The van der Waals surface area contributed by atoms with E-state index in [0.29, 0.717) is 15.4 Å². The second-order valence-electron chi connectivity index (χ2n) is 4.19. The molecule has 1 aromatic carbocycles. The highest BCUT2D eigenvalue weighted by atomic mass is 79.9. The molecule has 2 rings (SSSR count). The largest absolute Gasteiger partial charge is 0.450 e. The molecule has 2 aromatic rings. The Balaban J connectivity index is 1.89. The minimum atomic E-state index is -0.705. The highest BCUT2D eigenvalue weighted by molar-refractivity contribution is 9.10. The Morgan fingerprint density at radius 1 is 1.33 bits per heavy atom. The van der Waals surface area contributed by atoms with Crippen LogP contribution in [-0.4, -0.2) is 18.5 Å². The van der Waals surface area contributed by atoms with Gasteiger partial charge in [-0.25, -0.2) is 4.79 Å². The first-order valence-corrected chi connectivity index (χ1v) is 7.11. The summed E-state index contributed by atoms with van der Waals surface area (Å²) in [5.41, 5.74) is 1.43. The van der Waals surface area contributed by atoms with Crippen LogP contribution in [0, 0.1) is 6.92 Å². The smallest absolute Gasteiger partial charge is 0.374 e. The molecule has 0 saturated carbocycles. The van der Waals surface area contributed by atoms with Crippen LogP contribution in [-0.2, 0) is 9.53 Å². The third-order valence-corrected chi connectivity index (χ3v) is 3.23. The standard InChI is InChI=1S/C14H11BrClNO4/c1-8-6-9(16)2-3-10(8)17-13(18)7-20-14(19)11-4-5-12(15)21-11/h2-6H,7H2,1H3,(H,17,18). The van der Waals surface area contributed by atoms with Crippen LogP contribution in [0.4, 0.5) is 5.69 Å². The van der Waals surface area contributed by atoms with Crippen molar-refractivity contribution in [3.63, 3.8) is 0 Å². The number of hydrogen-bond acceptors (Lipinski definition) is 4. The number of esters is 1. The van der Waals surface area contributed by atoms with Gasteiger partial charge in [0, 0.05) is 10.7 Å². The van der Waals surface area contributed by atoms with Crippen molar-refractivity contribution in [1.29, 1.82) is 0 Å². The Morgan fingerprint density at radius 3 is 2.71 bits per heavy atom. The monoisotopic (exact) mass is 371 g/mol. The summed E-state index contributed by atoms with van der Waals surface area (Å²) < 4.78 is 10.3. The van der Waals surface area contributed by atoms with Crippen LogP contribution in [0.2, 0.25) is 5.02 Å². The van der Waals surface area contributed by atoms with Gasteiger partial charge in [0.05, 0.1) is 0 Å². The lowest BCUT2D eigenvalue weighted by Crippen LogP contribution is -2.21. The van der Waals surface area contributed by atoms with Crippen LogP contribution in [0.25, 0.3) is 0 Å². The summed E-state index contributed by atoms with van der Waals surface area (Å²) in [4.78, 5) is 23.3. The second kappa shape index (κ2) is 6.78. The summed E-state index contributed by atoms with van der Waals surface area (Å²) in [7, 11) is 0. The van der Waals surface area contributed by atoms with E-state index in [2.05, 4.69) is 21.2 Å². The number of carbonyl (C=O) groups is 2. The third-order valence-electron chi connectivity index (χ3n) is 2.57. The van der Waals surface area contributed by atoms with Gasteiger partial charge in [-0.2, -0.15) is 0 Å². The Hall–Kier alpha value is -1.79. The van der Waals surface area contributed by atoms with Gasteiger partial charge >= 0.3 is 5.97 Å². The van der Waals surface area contributed by atoms with Crippen molar-refractivity contribution in [1.82, 2.24) is 0 Å². The van der Waals surface area contributed by atoms with Crippen LogP contribution in [0.15, 0.2) is 39.4 Å². The van der Waals surface area contributed by atoms with Gasteiger partial charge in [0.2, 0.25) is 5.76 Å². The first-order chi connectivity index (χ1) is 9.95. The Kier molecular flexibility index (Phi) is 5.03. The maximum absolute atomic E-state index is 11.7. The molecule has 0 radical (unpaired) electrons. The van der Waals surface area contributed by atoms with E-state index in [0.717, 1.165) is 5.56 Å². The number of benzene rings is 1. The number of hydrogen-bond donors (Lipinski definition) is 1. The summed E-state index contributed by atoms with van der Waals surface area (Å²) in [5.74, 6) is -1.12. The third kappa shape index (κ3) is 4.34. The zero-order chi connectivity index (χ0) is 15.4. The number of nitrogens with one attached hydrogen (secondary N) is 1. The van der Waals surface area contributed by atoms with Crippen LogP contribution < -0.4 is 5.32 Å². The molecule has 0 fully saturated rings. The number of amides is 1. The fraction of sp³-hybridized carbons (Fsp3) is 0.143. The Morgan fingerprint density at radius 2 is 2.10 bits per heavy atom. The van der Waals surface area contributed by atoms with E-state index < -0.39 is 18.5 Å². The molecule has 0 aliphatic rings. The van der Waals surface area contributed by atoms with Gasteiger partial charge in [-0.05, 0) is 58.7 Å². The molecule has 1 N–H and O–H groups in total. The van der Waals surface area contributed by atoms with Crippen molar-refractivity contribution in [3.8, 4) is 0 Å². The summed E-state index contributed by atoms with van der Waals surface area (Å²) in [6.45, 7) is 1.41. The van der Waals surface area contributed by atoms with Crippen LogP contribution >= 0.6 is 27.5 Å². The minimum absolute atomic E-state index is 0.0253. The molecule has 0 aliphatic carbocycles. The number of anilines is 1. The number of halogens is 2. The molecule has 5 nitrogen and oxygen atoms in total. The average Bonchev–Trinajstić information content (AvgIpc) is 2.86. The lowest BCUT2D eigenvalue weighted by molar-refractivity contribution is -0.119. The van der Waals surface area contributed by atoms with E-state index >= 15 is 0 Å². The first-order valence-electron chi connectivity index (χ1n) is 5.94. The van der Waals surface area contributed by atoms with Gasteiger partial charge in [-0.15, -0.1) is 0 Å². The van der Waals surface area contributed by atoms with Crippen LogP contribution in [0.5, 0.6) is 0 Å². The predicted molar refractivity (Wildman–Crippen MR) is 81.5 cm³/mol. The normalized spacial score (nSPS) is 10.2. The lowest BCUT2D eigenvalue weighted by Gasteiger charge is -2.08. The zero-order valence-corrected chi connectivity index (χ0v) is 13.3. The maximum atomic E-state index is 11.7. The van der Waals surface area contributed by atoms with Gasteiger partial charge in [-0.3, -0.25) is 4.79 Å². The highest BCUT2D eigenvalue weighted by Gasteiger charge is 2.14. The summed E-state index contributed by atoms with van der Waals surface area (Å²) >= 11 is 8.90. The number of rotatable bonds is 4. The number of carbonyl (C=O) groups excluding carboxylic acids is 2. The van der Waals surface area contributed by atoms with Gasteiger partial charge in [0.15, 0.2) is 11.3 Å². The molecule has 1 heterocycles. The molecule has 1 aromatic heterocycles. The molecule has 21 heavy (non-hydrogen) atoms. The molecule has 110 valence electrons. The number of ether oxygens (including phenoxy) is 1. The van der Waals surface area contributed by atoms with E-state index in [1.54, 1.807) is 24.3 Å². The SMILES string of the molecule is Cc1cc(Cl)ccc1NC(=O)COC(=O)c1ccc(Br)o1. The van der Waals surface area contributed by atoms with Crippen LogP contribution in [0.3, 0.4) is 0 Å². The van der Waals surface area contributed by atoms with E-state index in [4.69, 9.17) is 20.8 Å². The lowest BCUT2D eigenvalue weighted by atomic mass is 10.2. The van der Waals surface area contributed by atoms with E-state index in [9.17, 15) is 9.59 Å². The van der Waals surface area contributed by atoms with Gasteiger partial charge < -0.3 is 14.5 Å². The molecule has 1 amide bonds. The molecule has 0 aliphatic heterocycles. The molecule has 0 saturated heterocycles. The van der Waals surface area contributed by atoms with Gasteiger partial charge in [0.1, 0.15) is 0 Å². The quantitative estimate of drug-likeness (QED) is 0.829. The minimum Gasteiger partial charge on any atom is -0.450 e. The fourth-order valence-electron chi connectivity index (χ4n) is 1.58. The van der Waals surface area contributed by atoms with Crippen molar-refractivity contribution in [2.75, 3.05) is 11.9 Å². The van der Waals surface area contributed by atoms with Crippen molar-refractivity contribution in [3.05, 3.63) is 51.3 Å². The van der Waals surface area contributed by atoms with Crippen molar-refractivity contribution < 1.29 is 18.7 Å². The van der Waals surface area contributed by atoms with Crippen LogP contribution in [0.1, 0.15) is 16.1 Å². The second-order valence-corrected chi connectivity index (χ2v) is 5.41. The van der Waals surface area contributed by atoms with E-state index in [1.807, 2.05) is 6.92 Å². The van der Waals surface area contributed by atoms with E-state index in [1.165, 1.54) is 6.07 Å². The topological polar surface area (TPSA) is 68.5 Å². The first kappa shape index (κ1) is 15.6. The highest BCUT2D eigenvalue weighted by Crippen LogP contribution is 2.19.